The van der Waals surface area contributed by atoms with E-state index in [2.05, 4.69) is 5.32 Å². The summed E-state index contributed by atoms with van der Waals surface area (Å²) in [6.45, 7) is 1.12. The molecule has 4 aromatic carbocycles. The van der Waals surface area contributed by atoms with Crippen molar-refractivity contribution in [2.24, 2.45) is 0 Å². The second-order valence-corrected chi connectivity index (χ2v) is 12.0. The average Bonchev–Trinajstić information content (AvgIpc) is 3.00. The van der Waals surface area contributed by atoms with Gasteiger partial charge in [0.15, 0.2) is 0 Å². The number of sulfonamides is 1. The Labute approximate surface area is 250 Å². The first-order valence-electron chi connectivity index (χ1n) is 13.2. The smallest absolute Gasteiger partial charge is 0.264 e. The molecule has 218 valence electrons. The van der Waals surface area contributed by atoms with Crippen molar-refractivity contribution < 1.29 is 22.4 Å². The van der Waals surface area contributed by atoms with Crippen LogP contribution in [0.25, 0.3) is 0 Å². The predicted octanol–water partition coefficient (Wildman–Crippen LogP) is 5.37. The molecule has 4 aromatic rings. The number of amides is 2. The Morgan fingerprint density at radius 3 is 2.10 bits per heavy atom. The Kier molecular flexibility index (Phi) is 9.98. The standard InChI is InChI=1S/C32H31ClFN3O4S/c1-23-13-18-27(20-29(23)33)37(42(40,41)28-11-7-4-8-12-28)22-31(38)36(21-25-14-16-26(34)17-15-25)30(32(39)35-2)19-24-9-5-3-6-10-24/h3-18,20,30H,19,21-22H2,1-2H3,(H,35,39)/t30-/m0/s1. The zero-order chi connectivity index (χ0) is 30.3. The van der Waals surface area contributed by atoms with Crippen LogP contribution in [-0.4, -0.2) is 44.8 Å². The third-order valence-corrected chi connectivity index (χ3v) is 9.03. The van der Waals surface area contributed by atoms with E-state index >= 15 is 0 Å². The second-order valence-electron chi connectivity index (χ2n) is 9.73. The minimum atomic E-state index is -4.22. The number of rotatable bonds is 11. The van der Waals surface area contributed by atoms with E-state index < -0.39 is 40.2 Å². The summed E-state index contributed by atoms with van der Waals surface area (Å²) in [7, 11) is -2.75. The summed E-state index contributed by atoms with van der Waals surface area (Å²) in [4.78, 5) is 28.8. The Morgan fingerprint density at radius 2 is 1.50 bits per heavy atom. The van der Waals surface area contributed by atoms with Gasteiger partial charge in [-0.1, -0.05) is 78.3 Å². The molecule has 0 aromatic heterocycles. The molecule has 0 unspecified atom stereocenters. The fourth-order valence-electron chi connectivity index (χ4n) is 4.49. The van der Waals surface area contributed by atoms with Crippen molar-refractivity contribution in [3.8, 4) is 0 Å². The molecule has 0 radical (unpaired) electrons. The number of nitrogens with one attached hydrogen (secondary N) is 1. The molecule has 42 heavy (non-hydrogen) atoms. The molecular weight excluding hydrogens is 577 g/mol. The summed E-state index contributed by atoms with van der Waals surface area (Å²) >= 11 is 6.37. The maximum atomic E-state index is 14.2. The number of carbonyl (C=O) groups excluding carboxylic acids is 2. The van der Waals surface area contributed by atoms with Crippen LogP contribution in [0.15, 0.2) is 108 Å². The molecule has 0 saturated carbocycles. The first kappa shape index (κ1) is 30.7. The molecule has 7 nitrogen and oxygen atoms in total. The molecule has 2 amide bonds. The van der Waals surface area contributed by atoms with Gasteiger partial charge in [0.05, 0.1) is 10.6 Å². The molecule has 1 atom stereocenters. The number of aryl methyl sites for hydroxylation is 1. The zero-order valence-electron chi connectivity index (χ0n) is 23.2. The fourth-order valence-corrected chi connectivity index (χ4v) is 6.09. The molecule has 0 bridgehead atoms. The van der Waals surface area contributed by atoms with E-state index in [1.807, 2.05) is 30.3 Å². The van der Waals surface area contributed by atoms with Crippen LogP contribution < -0.4 is 9.62 Å². The Balaban J connectivity index is 1.79. The number of likely N-dealkylation sites (N-methyl/N-ethyl adjacent to an activating group) is 1. The summed E-state index contributed by atoms with van der Waals surface area (Å²) in [6.07, 6.45) is 0.176. The minimum Gasteiger partial charge on any atom is -0.357 e. The van der Waals surface area contributed by atoms with Gasteiger partial charge in [0.2, 0.25) is 11.8 Å². The number of anilines is 1. The lowest BCUT2D eigenvalue weighted by atomic mass is 10.0. The summed E-state index contributed by atoms with van der Waals surface area (Å²) in [6, 6.07) is 26.3. The van der Waals surface area contributed by atoms with E-state index in [1.54, 1.807) is 37.3 Å². The molecule has 0 fully saturated rings. The average molecular weight is 608 g/mol. The van der Waals surface area contributed by atoms with Crippen molar-refractivity contribution in [3.05, 3.63) is 131 Å². The highest BCUT2D eigenvalue weighted by Crippen LogP contribution is 2.29. The van der Waals surface area contributed by atoms with E-state index in [9.17, 15) is 22.4 Å². The number of hydrogen-bond acceptors (Lipinski definition) is 4. The fraction of sp³-hybridized carbons (Fsp3) is 0.188. The van der Waals surface area contributed by atoms with E-state index in [-0.39, 0.29) is 23.5 Å². The van der Waals surface area contributed by atoms with Crippen LogP contribution in [-0.2, 0) is 32.6 Å². The van der Waals surface area contributed by atoms with Crippen LogP contribution >= 0.6 is 11.6 Å². The van der Waals surface area contributed by atoms with Gasteiger partial charge in [-0.25, -0.2) is 12.8 Å². The largest absolute Gasteiger partial charge is 0.357 e. The predicted molar refractivity (Wildman–Crippen MR) is 162 cm³/mol. The number of benzene rings is 4. The lowest BCUT2D eigenvalue weighted by molar-refractivity contribution is -0.139. The quantitative estimate of drug-likeness (QED) is 0.248. The van der Waals surface area contributed by atoms with Crippen molar-refractivity contribution in [1.29, 1.82) is 0 Å². The van der Waals surface area contributed by atoms with Crippen molar-refractivity contribution in [1.82, 2.24) is 10.2 Å². The number of nitrogens with zero attached hydrogens (tertiary/aromatic N) is 2. The monoisotopic (exact) mass is 607 g/mol. The van der Waals surface area contributed by atoms with Gasteiger partial charge in [-0.3, -0.25) is 13.9 Å². The third kappa shape index (κ3) is 7.35. The van der Waals surface area contributed by atoms with E-state index in [4.69, 9.17) is 11.6 Å². The van der Waals surface area contributed by atoms with Gasteiger partial charge in [0.1, 0.15) is 18.4 Å². The van der Waals surface area contributed by atoms with Gasteiger partial charge >= 0.3 is 0 Å². The molecule has 4 rings (SSSR count). The lowest BCUT2D eigenvalue weighted by Gasteiger charge is -2.33. The topological polar surface area (TPSA) is 86.8 Å². The van der Waals surface area contributed by atoms with E-state index in [0.717, 1.165) is 15.4 Å². The van der Waals surface area contributed by atoms with E-state index in [1.165, 1.54) is 54.4 Å². The van der Waals surface area contributed by atoms with Crippen LogP contribution in [0.4, 0.5) is 10.1 Å². The Morgan fingerprint density at radius 1 is 0.881 bits per heavy atom. The van der Waals surface area contributed by atoms with E-state index in [0.29, 0.717) is 10.6 Å². The number of halogens is 2. The summed E-state index contributed by atoms with van der Waals surface area (Å²) in [5.74, 6) is -1.50. The Hall–Kier alpha value is -4.21. The highest BCUT2D eigenvalue weighted by atomic mass is 35.5. The minimum absolute atomic E-state index is 0.00767. The molecule has 0 aliphatic rings. The molecule has 0 heterocycles. The van der Waals surface area contributed by atoms with Crippen LogP contribution in [0.3, 0.4) is 0 Å². The third-order valence-electron chi connectivity index (χ3n) is 6.84. The van der Waals surface area contributed by atoms with Gasteiger partial charge in [-0.05, 0) is 60.0 Å². The molecule has 0 spiro atoms. The number of hydrogen-bond donors (Lipinski definition) is 1. The van der Waals surface area contributed by atoms with Crippen LogP contribution in [0.2, 0.25) is 5.02 Å². The molecule has 0 aliphatic carbocycles. The van der Waals surface area contributed by atoms with Gasteiger partial charge in [0, 0.05) is 25.0 Å². The maximum Gasteiger partial charge on any atom is 0.264 e. The Bertz CT molecular complexity index is 1640. The number of carbonyl (C=O) groups is 2. The molecular formula is C32H31ClFN3O4S. The summed E-state index contributed by atoms with van der Waals surface area (Å²) in [5, 5.41) is 2.96. The highest BCUT2D eigenvalue weighted by molar-refractivity contribution is 7.92. The normalized spacial score (nSPS) is 11.9. The van der Waals surface area contributed by atoms with Crippen LogP contribution in [0.1, 0.15) is 16.7 Å². The lowest BCUT2D eigenvalue weighted by Crippen LogP contribution is -2.53. The van der Waals surface area contributed by atoms with Gasteiger partial charge in [-0.2, -0.15) is 0 Å². The van der Waals surface area contributed by atoms with Gasteiger partial charge in [-0.15, -0.1) is 0 Å². The van der Waals surface area contributed by atoms with Crippen LogP contribution in [0, 0.1) is 12.7 Å². The van der Waals surface area contributed by atoms with Crippen molar-refractivity contribution in [3.63, 3.8) is 0 Å². The van der Waals surface area contributed by atoms with Gasteiger partial charge < -0.3 is 10.2 Å². The first-order valence-corrected chi connectivity index (χ1v) is 15.1. The second kappa shape index (κ2) is 13.6. The molecule has 0 saturated heterocycles. The van der Waals surface area contributed by atoms with Crippen molar-refractivity contribution in [2.75, 3.05) is 17.9 Å². The maximum absolute atomic E-state index is 14.2. The van der Waals surface area contributed by atoms with Crippen LogP contribution in [0.5, 0.6) is 0 Å². The molecule has 10 heteroatoms. The first-order chi connectivity index (χ1) is 20.1. The highest BCUT2D eigenvalue weighted by Gasteiger charge is 2.34. The SMILES string of the molecule is CNC(=O)[C@H](Cc1ccccc1)N(Cc1ccc(F)cc1)C(=O)CN(c1ccc(C)c(Cl)c1)S(=O)(=O)c1ccccc1. The molecule has 1 N–H and O–H groups in total. The van der Waals surface area contributed by atoms with Crippen molar-refractivity contribution >= 4 is 39.1 Å². The van der Waals surface area contributed by atoms with Gasteiger partial charge in [0.25, 0.3) is 10.0 Å². The van der Waals surface area contributed by atoms with Crippen molar-refractivity contribution in [2.45, 2.75) is 30.8 Å². The molecule has 0 aliphatic heterocycles. The summed E-state index contributed by atoms with van der Waals surface area (Å²) < 4.78 is 42.5. The summed E-state index contributed by atoms with van der Waals surface area (Å²) in [5.41, 5.74) is 2.32. The zero-order valence-corrected chi connectivity index (χ0v) is 24.8.